The number of benzene rings is 3. The van der Waals surface area contributed by atoms with E-state index in [1.165, 1.54) is 51.2 Å². The van der Waals surface area contributed by atoms with E-state index in [0.717, 1.165) is 20.0 Å². The number of methoxy groups -OCH3 is 3. The van der Waals surface area contributed by atoms with Crippen LogP contribution in [0.2, 0.25) is 0 Å². The number of aromatic hydroxyl groups is 1. The van der Waals surface area contributed by atoms with Crippen LogP contribution < -0.4 is 36.0 Å². The molecule has 4 unspecified atom stereocenters. The van der Waals surface area contributed by atoms with Crippen LogP contribution in [-0.2, 0) is 36.1 Å². The molecule has 5 aromatic rings. The van der Waals surface area contributed by atoms with Gasteiger partial charge in [-0.15, -0.1) is 23.2 Å². The van der Waals surface area contributed by atoms with Crippen LogP contribution >= 0.6 is 23.2 Å². The molecule has 1 N–H and O–H groups in total. The van der Waals surface area contributed by atoms with Crippen LogP contribution in [0.25, 0.3) is 11.0 Å². The second-order valence-electron chi connectivity index (χ2n) is 14.2. The molecular weight excluding hydrogens is 850 g/mol. The average Bonchev–Trinajstić information content (AvgIpc) is 3.56. The Morgan fingerprint density at radius 1 is 0.833 bits per heavy atom. The van der Waals surface area contributed by atoms with Crippen molar-refractivity contribution >= 4 is 51.7 Å². The monoisotopic (exact) mass is 878 g/mol. The van der Waals surface area contributed by atoms with E-state index < -0.39 is 91.7 Å². The number of imide groups is 1. The van der Waals surface area contributed by atoms with Crippen molar-refractivity contribution in [3.8, 4) is 23.0 Å². The largest absolute Gasteiger partial charge is 0.504 e. The molecule has 0 radical (unpaired) electrons. The molecule has 2 fully saturated rings. The second-order valence-corrected chi connectivity index (χ2v) is 15.4. The van der Waals surface area contributed by atoms with Gasteiger partial charge in [0.15, 0.2) is 56.0 Å². The lowest BCUT2D eigenvalue weighted by atomic mass is 9.64. The number of hydrogen-bond donors (Lipinski definition) is 1. The third-order valence-electron chi connectivity index (χ3n) is 11.3. The van der Waals surface area contributed by atoms with Gasteiger partial charge in [-0.05, 0) is 23.3 Å². The number of allylic oxidation sites excluding steroid dienone is 2. The third kappa shape index (κ3) is 5.31. The number of fused-ring (bicyclic) bond motifs is 5. The number of carbonyl (C=O) groups excluding carboxylic acids is 2. The minimum Gasteiger partial charge on any atom is -0.504 e. The molecule has 1 aliphatic carbocycles. The van der Waals surface area contributed by atoms with Gasteiger partial charge in [-0.2, -0.15) is 0 Å². The Kier molecular flexibility index (Phi) is 9.46. The summed E-state index contributed by atoms with van der Waals surface area (Å²) in [5, 5.41) is 10.4. The first-order valence-corrected chi connectivity index (χ1v) is 18.5. The van der Waals surface area contributed by atoms with Crippen LogP contribution in [0, 0.1) is 29.1 Å². The molecule has 2 amide bonds. The number of carbonyl (C=O) groups is 2. The van der Waals surface area contributed by atoms with Gasteiger partial charge in [0.25, 0.3) is 17.4 Å². The zero-order chi connectivity index (χ0) is 43.5. The van der Waals surface area contributed by atoms with E-state index in [4.69, 9.17) is 37.4 Å². The number of phenols is 1. The number of amides is 2. The number of nitrogens with zero attached hydrogens (tertiary/aromatic N) is 6. The first-order chi connectivity index (χ1) is 28.4. The molecule has 4 atom stereocenters. The number of rotatable bonds is 8. The van der Waals surface area contributed by atoms with E-state index >= 15 is 8.78 Å². The van der Waals surface area contributed by atoms with Crippen molar-refractivity contribution in [3.63, 3.8) is 0 Å². The predicted molar refractivity (Wildman–Crippen MR) is 202 cm³/mol. The van der Waals surface area contributed by atoms with Gasteiger partial charge in [0.05, 0.1) is 44.9 Å². The summed E-state index contributed by atoms with van der Waals surface area (Å²) < 4.78 is 93.9. The summed E-state index contributed by atoms with van der Waals surface area (Å²) in [7, 11) is 5.53. The molecule has 1 saturated carbocycles. The number of ether oxygens (including phenoxy) is 3. The lowest BCUT2D eigenvalue weighted by Gasteiger charge is -2.49. The highest BCUT2D eigenvalue weighted by Gasteiger charge is 2.76. The van der Waals surface area contributed by atoms with Gasteiger partial charge in [0.2, 0.25) is 5.82 Å². The summed E-state index contributed by atoms with van der Waals surface area (Å²) in [6.45, 7) is -0.731. The summed E-state index contributed by atoms with van der Waals surface area (Å²) in [5.41, 5.74) is -3.51. The van der Waals surface area contributed by atoms with E-state index in [-0.39, 0.29) is 52.7 Å². The fraction of sp³-hybridized carbons (Fsp3) is 0.316. The van der Waals surface area contributed by atoms with Crippen LogP contribution in [0.3, 0.4) is 0 Å². The molecular formula is C38H29Cl2F5N6O9. The van der Waals surface area contributed by atoms with Gasteiger partial charge in [-0.25, -0.2) is 55.4 Å². The molecule has 60 heavy (non-hydrogen) atoms. The SMILES string of the molecule is COc1cc(C2C3=CCn4c(=O)n(CCc5nc6cc(OC)c(OC)cc6n(C)c5=O)c(=O)n4C3CC3(Cl)C(=O)N(c4c(F)c(F)c(F)c(F)c4F)C(=O)C23Cl)ccc1O. The van der Waals surface area contributed by atoms with Crippen molar-refractivity contribution < 1.29 is 50.9 Å². The van der Waals surface area contributed by atoms with Gasteiger partial charge in [-0.1, -0.05) is 12.1 Å². The second kappa shape index (κ2) is 14.0. The van der Waals surface area contributed by atoms with E-state index in [1.54, 1.807) is 12.1 Å². The zero-order valence-corrected chi connectivity index (χ0v) is 33.0. The molecule has 314 valence electrons. The third-order valence-corrected chi connectivity index (χ3v) is 12.7. The van der Waals surface area contributed by atoms with E-state index in [0.29, 0.717) is 22.5 Å². The Bertz CT molecular complexity index is 2940. The van der Waals surface area contributed by atoms with Crippen LogP contribution in [0.5, 0.6) is 23.0 Å². The standard InChI is InChI=1S/C38H29Cl2F5N6O9/c1-47-19-13-24(60-4)23(59-3)12-18(19)46-17(32(47)53)8-9-48-35(56)49-10-7-16-20(51(49)36(48)57)14-37(39)33(54)50(31-29(44)27(42)26(41)28(43)30(31)45)34(55)38(37,40)25(16)15-5-6-21(52)22(11-15)58-2/h5-7,11-13,20,25,52H,8-10,14H2,1-4H3. The predicted octanol–water partition coefficient (Wildman–Crippen LogP) is 3.93. The molecule has 0 bridgehead atoms. The molecule has 22 heteroatoms. The number of alkyl halides is 2. The maximum Gasteiger partial charge on any atom is 0.347 e. The topological polar surface area (TPSA) is 169 Å². The fourth-order valence-electron chi connectivity index (χ4n) is 8.41. The molecule has 3 aliphatic rings. The maximum atomic E-state index is 15.3. The quantitative estimate of drug-likeness (QED) is 0.0603. The van der Waals surface area contributed by atoms with Crippen molar-refractivity contribution in [2.75, 3.05) is 26.2 Å². The van der Waals surface area contributed by atoms with E-state index in [2.05, 4.69) is 4.98 Å². The van der Waals surface area contributed by atoms with Crippen LogP contribution in [0.4, 0.5) is 27.6 Å². The summed E-state index contributed by atoms with van der Waals surface area (Å²) in [6, 6.07) is 5.29. The minimum atomic E-state index is -2.81. The normalized spacial score (nSPS) is 22.1. The molecule has 3 aromatic carbocycles. The van der Waals surface area contributed by atoms with Crippen LogP contribution in [0.1, 0.15) is 29.6 Å². The molecule has 15 nitrogen and oxygen atoms in total. The van der Waals surface area contributed by atoms with Crippen LogP contribution in [0.15, 0.2) is 56.4 Å². The molecule has 0 spiro atoms. The fourth-order valence-corrected chi connectivity index (χ4v) is 9.32. The number of aromatic nitrogens is 5. The number of anilines is 1. The summed E-state index contributed by atoms with van der Waals surface area (Å²) in [5.74, 6) is -17.4. The van der Waals surface area contributed by atoms with Crippen molar-refractivity contribution in [1.82, 2.24) is 23.5 Å². The van der Waals surface area contributed by atoms with Gasteiger partial charge in [0.1, 0.15) is 11.4 Å². The number of hydrogen-bond acceptors (Lipinski definition) is 10. The highest BCUT2D eigenvalue weighted by molar-refractivity contribution is 6.58. The summed E-state index contributed by atoms with van der Waals surface area (Å²) >= 11 is 14.3. The zero-order valence-electron chi connectivity index (χ0n) is 31.5. The highest BCUT2D eigenvalue weighted by atomic mass is 35.5. The first kappa shape index (κ1) is 40.6. The number of halogens is 7. The molecule has 8 rings (SSSR count). The lowest BCUT2D eigenvalue weighted by molar-refractivity contribution is -0.122. The van der Waals surface area contributed by atoms with Crippen molar-refractivity contribution in [2.24, 2.45) is 7.05 Å². The summed E-state index contributed by atoms with van der Waals surface area (Å²) in [6.07, 6.45) is 0.361. The average molecular weight is 880 g/mol. The highest BCUT2D eigenvalue weighted by Crippen LogP contribution is 2.64. The van der Waals surface area contributed by atoms with Crippen LogP contribution in [-0.4, -0.2) is 71.5 Å². The van der Waals surface area contributed by atoms with Crippen molar-refractivity contribution in [3.05, 3.63) is 114 Å². The maximum absolute atomic E-state index is 15.3. The molecule has 1 saturated heterocycles. The van der Waals surface area contributed by atoms with E-state index in [1.807, 2.05) is 0 Å². The Balaban J connectivity index is 1.26. The Morgan fingerprint density at radius 2 is 1.45 bits per heavy atom. The Hall–Kier alpha value is -6.15. The number of aryl methyl sites for hydroxylation is 2. The summed E-state index contributed by atoms with van der Waals surface area (Å²) in [4.78, 5) is 69.2. The smallest absolute Gasteiger partial charge is 0.347 e. The van der Waals surface area contributed by atoms with Crippen molar-refractivity contribution in [2.45, 2.75) is 47.6 Å². The Labute approximate surface area is 342 Å². The first-order valence-electron chi connectivity index (χ1n) is 17.8. The molecule has 2 aliphatic heterocycles. The Morgan fingerprint density at radius 3 is 2.08 bits per heavy atom. The van der Waals surface area contributed by atoms with Crippen molar-refractivity contribution in [1.29, 1.82) is 0 Å². The number of phenolic OH excluding ortho intramolecular Hbond substituents is 1. The van der Waals surface area contributed by atoms with Gasteiger partial charge < -0.3 is 23.9 Å². The molecule has 2 aromatic heterocycles. The molecule has 4 heterocycles. The van der Waals surface area contributed by atoms with Gasteiger partial charge >= 0.3 is 11.4 Å². The van der Waals surface area contributed by atoms with Gasteiger partial charge in [-0.3, -0.25) is 14.4 Å². The lowest BCUT2D eigenvalue weighted by Crippen LogP contribution is -2.59. The van der Waals surface area contributed by atoms with Gasteiger partial charge in [0, 0.05) is 44.5 Å². The minimum absolute atomic E-state index is 0.00297. The van der Waals surface area contributed by atoms with E-state index in [9.17, 15) is 42.3 Å².